The molecule has 0 saturated carbocycles. The van der Waals surface area contributed by atoms with Crippen LogP contribution in [0.1, 0.15) is 0 Å². The first-order valence-electron chi connectivity index (χ1n) is 9.03. The summed E-state index contributed by atoms with van der Waals surface area (Å²) in [7, 11) is -6.70. The second-order valence-corrected chi connectivity index (χ2v) is 29.5. The Morgan fingerprint density at radius 1 is 0.760 bits per heavy atom. The molecule has 0 aromatic heterocycles. The van der Waals surface area contributed by atoms with Crippen molar-refractivity contribution in [2.24, 2.45) is 4.99 Å². The molecule has 0 aromatic rings. The summed E-state index contributed by atoms with van der Waals surface area (Å²) in [4.78, 5) is 16.6. The van der Waals surface area contributed by atoms with Crippen LogP contribution in [0, 0.1) is 0 Å². The highest BCUT2D eigenvalue weighted by molar-refractivity contribution is 6.89. The van der Waals surface area contributed by atoms with Crippen molar-refractivity contribution in [3.63, 3.8) is 0 Å². The molecule has 0 aromatic carbocycles. The number of hydrogen-bond donors (Lipinski definition) is 0. The Morgan fingerprint density at radius 3 is 1.48 bits per heavy atom. The van der Waals surface area contributed by atoms with Crippen LogP contribution in [-0.2, 0) is 13.6 Å². The summed E-state index contributed by atoms with van der Waals surface area (Å²) in [6.45, 7) is 27.4. The van der Waals surface area contributed by atoms with E-state index in [1.165, 1.54) is 0 Å². The van der Waals surface area contributed by atoms with Crippen LogP contribution in [0.15, 0.2) is 4.99 Å². The van der Waals surface area contributed by atoms with Crippen LogP contribution >= 0.6 is 0 Å². The minimum atomic E-state index is -1.88. The summed E-state index contributed by atoms with van der Waals surface area (Å²) in [5.74, 6) is 0.458. The lowest BCUT2D eigenvalue weighted by Gasteiger charge is -2.44. The fraction of sp³-hybridized carbons (Fsp3) is 0.875. The summed E-state index contributed by atoms with van der Waals surface area (Å²) >= 11 is 0. The lowest BCUT2D eigenvalue weighted by atomic mass is 10.6. The molecule has 0 spiro atoms. The van der Waals surface area contributed by atoms with Gasteiger partial charge in [0.25, 0.3) is 0 Å². The SMILES string of the molecule is C[Si](C)(C)OC(=O)CN=C(CN([Si](C)(C)C)[Si](C)(C)C)O[Si](C)(C)C. The fourth-order valence-electron chi connectivity index (χ4n) is 2.61. The Kier molecular flexibility index (Phi) is 8.56. The molecule has 148 valence electrons. The number of carbonyl (C=O) groups excluding carboxylic acids is 1. The Bertz CT molecular complexity index is 470. The molecule has 0 aliphatic rings. The molecule has 0 rings (SSSR count). The predicted molar refractivity (Wildman–Crippen MR) is 120 cm³/mol. The van der Waals surface area contributed by atoms with Crippen LogP contribution < -0.4 is 0 Å². The molecule has 0 amide bonds. The Balaban J connectivity index is 5.42. The minimum Gasteiger partial charge on any atom is -0.534 e. The van der Waals surface area contributed by atoms with Gasteiger partial charge in [-0.3, -0.25) is 4.79 Å². The number of rotatable bonds is 8. The van der Waals surface area contributed by atoms with Crippen LogP contribution in [0.4, 0.5) is 0 Å². The van der Waals surface area contributed by atoms with E-state index in [4.69, 9.17) is 8.85 Å². The van der Waals surface area contributed by atoms with Crippen LogP contribution in [0.3, 0.4) is 0 Å². The van der Waals surface area contributed by atoms with Crippen molar-refractivity contribution in [3.8, 4) is 0 Å². The van der Waals surface area contributed by atoms with Gasteiger partial charge in [-0.2, -0.15) is 0 Å². The Labute approximate surface area is 159 Å². The summed E-state index contributed by atoms with van der Waals surface area (Å²) in [6.07, 6.45) is 0. The predicted octanol–water partition coefficient (Wildman–Crippen LogP) is 4.59. The summed E-state index contributed by atoms with van der Waals surface area (Å²) < 4.78 is 14.4. The Hall–Kier alpha value is -0.232. The van der Waals surface area contributed by atoms with Gasteiger partial charge in [0.2, 0.25) is 16.6 Å². The monoisotopic (exact) mass is 420 g/mol. The first-order valence-corrected chi connectivity index (χ1v) is 22.7. The van der Waals surface area contributed by atoms with E-state index in [0.29, 0.717) is 12.4 Å². The molecule has 0 aliphatic heterocycles. The van der Waals surface area contributed by atoms with Crippen molar-refractivity contribution in [1.29, 1.82) is 0 Å². The molecule has 0 N–H and O–H groups in total. The zero-order valence-electron chi connectivity index (χ0n) is 18.5. The highest BCUT2D eigenvalue weighted by Gasteiger charge is 2.36. The molecule has 0 bridgehead atoms. The maximum absolute atomic E-state index is 12.1. The normalized spacial score (nSPS) is 14.7. The largest absolute Gasteiger partial charge is 0.534 e. The van der Waals surface area contributed by atoms with E-state index in [1.54, 1.807) is 0 Å². The molecule has 0 saturated heterocycles. The molecule has 0 fully saturated rings. The van der Waals surface area contributed by atoms with E-state index in [9.17, 15) is 4.79 Å². The third-order valence-electron chi connectivity index (χ3n) is 3.14. The van der Waals surface area contributed by atoms with Crippen LogP contribution in [0.25, 0.3) is 0 Å². The molecule has 9 heteroatoms. The van der Waals surface area contributed by atoms with Crippen LogP contribution in [0.5, 0.6) is 0 Å². The van der Waals surface area contributed by atoms with E-state index < -0.39 is 33.1 Å². The van der Waals surface area contributed by atoms with E-state index in [2.05, 4.69) is 68.1 Å². The van der Waals surface area contributed by atoms with Gasteiger partial charge < -0.3 is 13.1 Å². The molecular formula is C16H40N2O3Si4. The van der Waals surface area contributed by atoms with Crippen LogP contribution in [-0.4, -0.2) is 62.3 Å². The van der Waals surface area contributed by atoms with Gasteiger partial charge in [0, 0.05) is 0 Å². The summed E-state index contributed by atoms with van der Waals surface area (Å²) in [5, 5.41) is 0. The van der Waals surface area contributed by atoms with Gasteiger partial charge in [0.05, 0.1) is 6.54 Å². The van der Waals surface area contributed by atoms with Gasteiger partial charge in [-0.1, -0.05) is 39.3 Å². The molecule has 0 unspecified atom stereocenters. The second-order valence-electron chi connectivity index (χ2n) is 10.4. The number of nitrogens with zero attached hydrogens (tertiary/aromatic N) is 2. The van der Waals surface area contributed by atoms with Crippen molar-refractivity contribution in [1.82, 2.24) is 4.23 Å². The maximum atomic E-state index is 12.1. The molecule has 5 nitrogen and oxygen atoms in total. The standard InChI is InChI=1S/C16H40N2O3Si4/c1-22(2,3)18(23(4,5)6)14-15(20-24(7,8)9)17-13-16(19)21-25(10,11)12/h13-14H2,1-12H3. The van der Waals surface area contributed by atoms with Gasteiger partial charge in [-0.15, -0.1) is 0 Å². The quantitative estimate of drug-likeness (QED) is 0.327. The average Bonchev–Trinajstić information content (AvgIpc) is 2.25. The van der Waals surface area contributed by atoms with Crippen LogP contribution in [0.2, 0.25) is 78.6 Å². The molecule has 0 atom stereocenters. The summed E-state index contributed by atoms with van der Waals surface area (Å²) in [6, 6.07) is 0. The van der Waals surface area contributed by atoms with Crippen molar-refractivity contribution < 1.29 is 13.6 Å². The minimum absolute atomic E-state index is 0.0509. The number of carbonyl (C=O) groups is 1. The van der Waals surface area contributed by atoms with Gasteiger partial charge in [0.1, 0.15) is 23.0 Å². The van der Waals surface area contributed by atoms with E-state index in [1.807, 2.05) is 19.6 Å². The first-order chi connectivity index (χ1) is 10.8. The fourth-order valence-corrected chi connectivity index (χ4v) is 13.5. The van der Waals surface area contributed by atoms with Gasteiger partial charge in [-0.25, -0.2) is 4.99 Å². The van der Waals surface area contributed by atoms with Gasteiger partial charge in [0.15, 0.2) is 5.90 Å². The van der Waals surface area contributed by atoms with Gasteiger partial charge in [-0.05, 0) is 39.3 Å². The average molecular weight is 421 g/mol. The van der Waals surface area contributed by atoms with E-state index in [-0.39, 0.29) is 12.5 Å². The Morgan fingerprint density at radius 2 is 1.16 bits per heavy atom. The molecule has 0 heterocycles. The van der Waals surface area contributed by atoms with Crippen molar-refractivity contribution in [2.45, 2.75) is 78.6 Å². The highest BCUT2D eigenvalue weighted by Crippen LogP contribution is 2.20. The summed E-state index contributed by atoms with van der Waals surface area (Å²) in [5.41, 5.74) is 0. The van der Waals surface area contributed by atoms with Crippen molar-refractivity contribution in [3.05, 3.63) is 0 Å². The molecule has 0 radical (unpaired) electrons. The molecule has 0 aliphatic carbocycles. The van der Waals surface area contributed by atoms with Gasteiger partial charge >= 0.3 is 5.97 Å². The van der Waals surface area contributed by atoms with Crippen molar-refractivity contribution in [2.75, 3.05) is 13.1 Å². The maximum Gasteiger partial charge on any atom is 0.314 e. The lowest BCUT2D eigenvalue weighted by molar-refractivity contribution is -0.133. The third-order valence-corrected chi connectivity index (χ3v) is 12.4. The third kappa shape index (κ3) is 11.9. The second kappa shape index (κ2) is 8.64. The van der Waals surface area contributed by atoms with E-state index in [0.717, 1.165) is 0 Å². The number of aliphatic imine (C=N–C) groups is 1. The first kappa shape index (κ1) is 24.8. The molecule has 25 heavy (non-hydrogen) atoms. The highest BCUT2D eigenvalue weighted by atomic mass is 28.4. The zero-order chi connectivity index (χ0) is 20.3. The molecular weight excluding hydrogens is 381 g/mol. The smallest absolute Gasteiger partial charge is 0.314 e. The number of hydrogen-bond acceptors (Lipinski definition) is 5. The van der Waals surface area contributed by atoms with E-state index >= 15 is 0 Å². The topological polar surface area (TPSA) is 51.1 Å². The zero-order valence-corrected chi connectivity index (χ0v) is 22.5. The van der Waals surface area contributed by atoms with Crippen molar-refractivity contribution >= 4 is 45.0 Å². The lowest BCUT2D eigenvalue weighted by Crippen LogP contribution is -2.61.